The maximum Gasteiger partial charge on any atom is 0.326 e. The summed E-state index contributed by atoms with van der Waals surface area (Å²) in [5.74, 6) is 0.138. The Hall–Kier alpha value is -2.95. The van der Waals surface area contributed by atoms with E-state index in [1.165, 1.54) is 11.1 Å². The van der Waals surface area contributed by atoms with E-state index in [-0.39, 0.29) is 18.9 Å². The zero-order chi connectivity index (χ0) is 18.1. The number of benzene rings is 2. The minimum absolute atomic E-state index is 0.0455. The zero-order valence-corrected chi connectivity index (χ0v) is 14.7. The molecule has 1 heterocycles. The van der Waals surface area contributed by atoms with E-state index in [0.717, 1.165) is 36.1 Å². The smallest absolute Gasteiger partial charge is 0.326 e. The van der Waals surface area contributed by atoms with Gasteiger partial charge in [-0.3, -0.25) is 9.59 Å². The molecule has 0 saturated heterocycles. The quantitative estimate of drug-likeness (QED) is 0.524. The fourth-order valence-corrected chi connectivity index (χ4v) is 3.54. The van der Waals surface area contributed by atoms with Crippen LogP contribution >= 0.6 is 0 Å². The van der Waals surface area contributed by atoms with Crippen molar-refractivity contribution in [2.75, 3.05) is 6.61 Å². The van der Waals surface area contributed by atoms with E-state index in [9.17, 15) is 9.59 Å². The Kier molecular flexibility index (Phi) is 4.29. The summed E-state index contributed by atoms with van der Waals surface area (Å²) >= 11 is 0. The SMILES string of the molecule is Cc1nc2ccccc2n1CC(=O)OCC(=O)c1ccc2c(c1)CCC2. The third-order valence-corrected chi connectivity index (χ3v) is 4.92. The van der Waals surface area contributed by atoms with Crippen LogP contribution in [0.1, 0.15) is 33.7 Å². The summed E-state index contributed by atoms with van der Waals surface area (Å²) in [7, 11) is 0. The van der Waals surface area contributed by atoms with Gasteiger partial charge in [0.2, 0.25) is 0 Å². The summed E-state index contributed by atoms with van der Waals surface area (Å²) < 4.78 is 7.02. The fourth-order valence-electron chi connectivity index (χ4n) is 3.54. The minimum Gasteiger partial charge on any atom is -0.456 e. The lowest BCUT2D eigenvalue weighted by Crippen LogP contribution is -2.19. The van der Waals surface area contributed by atoms with E-state index >= 15 is 0 Å². The number of para-hydroxylation sites is 2. The van der Waals surface area contributed by atoms with Gasteiger partial charge in [-0.1, -0.05) is 24.3 Å². The topological polar surface area (TPSA) is 61.2 Å². The summed E-state index contributed by atoms with van der Waals surface area (Å²) in [6, 6.07) is 13.4. The summed E-state index contributed by atoms with van der Waals surface area (Å²) in [6.45, 7) is 1.66. The van der Waals surface area contributed by atoms with Crippen molar-refractivity contribution in [2.45, 2.75) is 32.7 Å². The summed E-state index contributed by atoms with van der Waals surface area (Å²) in [6.07, 6.45) is 3.24. The molecule has 0 aliphatic heterocycles. The molecule has 132 valence electrons. The molecule has 5 nitrogen and oxygen atoms in total. The van der Waals surface area contributed by atoms with Gasteiger partial charge in [-0.05, 0) is 55.5 Å². The molecule has 0 N–H and O–H groups in total. The third kappa shape index (κ3) is 3.12. The molecule has 5 heteroatoms. The lowest BCUT2D eigenvalue weighted by molar-refractivity contribution is -0.143. The van der Waals surface area contributed by atoms with Gasteiger partial charge in [0, 0.05) is 5.56 Å². The van der Waals surface area contributed by atoms with Crippen molar-refractivity contribution in [1.29, 1.82) is 0 Å². The number of rotatable bonds is 5. The lowest BCUT2D eigenvalue weighted by Gasteiger charge is -2.08. The van der Waals surface area contributed by atoms with Gasteiger partial charge in [-0.25, -0.2) is 4.98 Å². The molecule has 0 saturated carbocycles. The Balaban J connectivity index is 1.40. The van der Waals surface area contributed by atoms with Gasteiger partial charge in [0.05, 0.1) is 11.0 Å². The first-order chi connectivity index (χ1) is 12.6. The first kappa shape index (κ1) is 16.5. The number of ketones is 1. The van der Waals surface area contributed by atoms with Gasteiger partial charge in [0.25, 0.3) is 0 Å². The van der Waals surface area contributed by atoms with Gasteiger partial charge in [0.1, 0.15) is 12.4 Å². The number of esters is 1. The van der Waals surface area contributed by atoms with Crippen LogP contribution in [0, 0.1) is 6.92 Å². The van der Waals surface area contributed by atoms with Gasteiger partial charge in [-0.2, -0.15) is 0 Å². The van der Waals surface area contributed by atoms with Crippen molar-refractivity contribution in [3.8, 4) is 0 Å². The van der Waals surface area contributed by atoms with Crippen LogP contribution in [0.3, 0.4) is 0 Å². The third-order valence-electron chi connectivity index (χ3n) is 4.92. The van der Waals surface area contributed by atoms with Gasteiger partial charge in [-0.15, -0.1) is 0 Å². The van der Waals surface area contributed by atoms with Crippen molar-refractivity contribution in [1.82, 2.24) is 9.55 Å². The number of aromatic nitrogens is 2. The highest BCUT2D eigenvalue weighted by molar-refractivity contribution is 5.98. The van der Waals surface area contributed by atoms with E-state index in [0.29, 0.717) is 5.56 Å². The van der Waals surface area contributed by atoms with Crippen molar-refractivity contribution < 1.29 is 14.3 Å². The number of ether oxygens (including phenoxy) is 1. The van der Waals surface area contributed by atoms with Crippen molar-refractivity contribution in [3.63, 3.8) is 0 Å². The van der Waals surface area contributed by atoms with E-state index < -0.39 is 5.97 Å². The molecule has 0 fully saturated rings. The molecule has 1 aliphatic carbocycles. The molecular weight excluding hydrogens is 328 g/mol. The highest BCUT2D eigenvalue weighted by Gasteiger charge is 2.16. The van der Waals surface area contributed by atoms with Gasteiger partial charge in [0.15, 0.2) is 12.4 Å². The standard InChI is InChI=1S/C21H20N2O3/c1-14-22-18-7-2-3-8-19(18)23(14)12-21(25)26-13-20(24)17-10-9-15-5-4-6-16(15)11-17/h2-3,7-11H,4-6,12-13H2,1H3. The summed E-state index contributed by atoms with van der Waals surface area (Å²) in [5.41, 5.74) is 4.89. The first-order valence-electron chi connectivity index (χ1n) is 8.84. The first-order valence-corrected chi connectivity index (χ1v) is 8.84. The van der Waals surface area contributed by atoms with Gasteiger partial charge >= 0.3 is 5.97 Å². The molecule has 0 radical (unpaired) electrons. The largest absolute Gasteiger partial charge is 0.456 e. The Morgan fingerprint density at radius 2 is 1.92 bits per heavy atom. The number of hydrogen-bond donors (Lipinski definition) is 0. The molecule has 0 spiro atoms. The second-order valence-electron chi connectivity index (χ2n) is 6.65. The molecule has 0 unspecified atom stereocenters. The molecule has 3 aromatic rings. The number of imidazole rings is 1. The lowest BCUT2D eigenvalue weighted by atomic mass is 10.0. The zero-order valence-electron chi connectivity index (χ0n) is 14.7. The van der Waals surface area contributed by atoms with E-state index in [2.05, 4.69) is 4.98 Å². The molecule has 0 bridgehead atoms. The van der Waals surface area contributed by atoms with Crippen LogP contribution in [-0.2, 0) is 28.9 Å². The number of Topliss-reactive ketones (excluding diaryl/α,β-unsaturated/α-hetero) is 1. The summed E-state index contributed by atoms with van der Waals surface area (Å²) in [4.78, 5) is 29.0. The number of hydrogen-bond acceptors (Lipinski definition) is 4. The predicted octanol–water partition coefficient (Wildman–Crippen LogP) is 3.26. The molecule has 2 aromatic carbocycles. The molecule has 4 rings (SSSR count). The molecular formula is C21H20N2O3. The molecule has 1 aliphatic rings. The van der Waals surface area contributed by atoms with Crippen LogP contribution in [0.25, 0.3) is 11.0 Å². The number of carbonyl (C=O) groups excluding carboxylic acids is 2. The molecule has 26 heavy (non-hydrogen) atoms. The highest BCUT2D eigenvalue weighted by atomic mass is 16.5. The Morgan fingerprint density at radius 3 is 2.81 bits per heavy atom. The highest BCUT2D eigenvalue weighted by Crippen LogP contribution is 2.23. The maximum absolute atomic E-state index is 12.3. The van der Waals surface area contributed by atoms with E-state index in [1.807, 2.05) is 49.4 Å². The Labute approximate surface area is 151 Å². The molecule has 0 amide bonds. The van der Waals surface area contributed by atoms with Crippen molar-refractivity contribution in [2.24, 2.45) is 0 Å². The van der Waals surface area contributed by atoms with Crippen LogP contribution in [0.2, 0.25) is 0 Å². The Bertz CT molecular complexity index is 1000. The van der Waals surface area contributed by atoms with Gasteiger partial charge < -0.3 is 9.30 Å². The monoisotopic (exact) mass is 348 g/mol. The summed E-state index contributed by atoms with van der Waals surface area (Å²) in [5, 5.41) is 0. The Morgan fingerprint density at radius 1 is 1.12 bits per heavy atom. The van der Waals surface area contributed by atoms with E-state index in [1.54, 1.807) is 4.57 Å². The van der Waals surface area contributed by atoms with Crippen molar-refractivity contribution in [3.05, 3.63) is 65.0 Å². The number of aryl methyl sites for hydroxylation is 3. The predicted molar refractivity (Wildman–Crippen MR) is 98.2 cm³/mol. The molecule has 1 aromatic heterocycles. The number of fused-ring (bicyclic) bond motifs is 2. The van der Waals surface area contributed by atoms with Crippen molar-refractivity contribution >= 4 is 22.8 Å². The normalized spacial score (nSPS) is 13.0. The second-order valence-corrected chi connectivity index (χ2v) is 6.65. The van der Waals surface area contributed by atoms with Crippen LogP contribution in [0.15, 0.2) is 42.5 Å². The second kappa shape index (κ2) is 6.75. The number of carbonyl (C=O) groups is 2. The fraction of sp³-hybridized carbons (Fsp3) is 0.286. The van der Waals surface area contributed by atoms with E-state index in [4.69, 9.17) is 4.74 Å². The number of nitrogens with zero attached hydrogens (tertiary/aromatic N) is 2. The van der Waals surface area contributed by atoms with Crippen LogP contribution < -0.4 is 0 Å². The minimum atomic E-state index is -0.439. The average molecular weight is 348 g/mol. The van der Waals surface area contributed by atoms with Crippen LogP contribution in [-0.4, -0.2) is 27.9 Å². The maximum atomic E-state index is 12.3. The molecule has 0 atom stereocenters. The average Bonchev–Trinajstić information content (AvgIpc) is 3.23. The van der Waals surface area contributed by atoms with Crippen LogP contribution in [0.5, 0.6) is 0 Å². The van der Waals surface area contributed by atoms with Crippen LogP contribution in [0.4, 0.5) is 0 Å².